The number of carboxylic acids is 1. The number of hydrogen-bond acceptors (Lipinski definition) is 4. The van der Waals surface area contributed by atoms with Crippen molar-refractivity contribution in [1.82, 2.24) is 9.47 Å². The Kier molecular flexibility index (Phi) is 6.61. The van der Waals surface area contributed by atoms with Crippen molar-refractivity contribution >= 4 is 23.2 Å². The van der Waals surface area contributed by atoms with Gasteiger partial charge in [-0.3, -0.25) is 14.4 Å². The predicted octanol–water partition coefficient (Wildman–Crippen LogP) is 1.71. The van der Waals surface area contributed by atoms with E-state index in [2.05, 4.69) is 0 Å². The standard InChI is InChI=1S/C14H22N2O4S/c1-10(2)15(8-6-13(18)19)12(17)5-4-7-16-11(3)9-21-14(16)20/h9-10H,4-8H2,1-3H3,(H,18,19). The zero-order chi connectivity index (χ0) is 16.0. The van der Waals surface area contributed by atoms with Crippen molar-refractivity contribution in [1.29, 1.82) is 0 Å². The van der Waals surface area contributed by atoms with Crippen LogP contribution in [-0.2, 0) is 16.1 Å². The lowest BCUT2D eigenvalue weighted by Crippen LogP contribution is -2.38. The number of rotatable bonds is 8. The largest absolute Gasteiger partial charge is 0.481 e. The third-order valence-electron chi connectivity index (χ3n) is 3.26. The molecule has 0 atom stereocenters. The summed E-state index contributed by atoms with van der Waals surface area (Å²) in [6, 6.07) is -0.0255. The summed E-state index contributed by atoms with van der Waals surface area (Å²) >= 11 is 1.16. The number of aromatic nitrogens is 1. The minimum atomic E-state index is -0.908. The molecular weight excluding hydrogens is 292 g/mol. The van der Waals surface area contributed by atoms with Crippen molar-refractivity contribution in [3.8, 4) is 0 Å². The number of aryl methyl sites for hydroxylation is 1. The van der Waals surface area contributed by atoms with Crippen LogP contribution in [0.2, 0.25) is 0 Å². The normalized spacial score (nSPS) is 10.9. The summed E-state index contributed by atoms with van der Waals surface area (Å²) in [4.78, 5) is 35.9. The SMILES string of the molecule is Cc1csc(=O)n1CCCC(=O)N(CCC(=O)O)C(C)C. The second-order valence-electron chi connectivity index (χ2n) is 5.22. The van der Waals surface area contributed by atoms with Gasteiger partial charge in [0.05, 0.1) is 6.42 Å². The van der Waals surface area contributed by atoms with Crippen LogP contribution in [0, 0.1) is 6.92 Å². The van der Waals surface area contributed by atoms with Gasteiger partial charge in [0, 0.05) is 36.6 Å². The number of amides is 1. The Labute approximate surface area is 128 Å². The van der Waals surface area contributed by atoms with Crippen LogP contribution in [-0.4, -0.2) is 39.0 Å². The van der Waals surface area contributed by atoms with Gasteiger partial charge >= 0.3 is 10.8 Å². The molecule has 0 spiro atoms. The first kappa shape index (κ1) is 17.4. The maximum atomic E-state index is 12.1. The Morgan fingerprint density at radius 2 is 2.05 bits per heavy atom. The molecule has 0 radical (unpaired) electrons. The zero-order valence-electron chi connectivity index (χ0n) is 12.7. The van der Waals surface area contributed by atoms with Crippen LogP contribution in [0.3, 0.4) is 0 Å². The van der Waals surface area contributed by atoms with E-state index in [4.69, 9.17) is 5.11 Å². The third kappa shape index (κ3) is 5.34. The topological polar surface area (TPSA) is 79.6 Å². The van der Waals surface area contributed by atoms with Gasteiger partial charge in [-0.2, -0.15) is 0 Å². The van der Waals surface area contributed by atoms with Crippen molar-refractivity contribution in [2.75, 3.05) is 6.54 Å². The lowest BCUT2D eigenvalue weighted by molar-refractivity contribution is -0.139. The van der Waals surface area contributed by atoms with E-state index >= 15 is 0 Å². The molecule has 1 aromatic rings. The molecule has 6 nitrogen and oxygen atoms in total. The van der Waals surface area contributed by atoms with Crippen LogP contribution < -0.4 is 4.87 Å². The Balaban J connectivity index is 2.50. The number of carbonyl (C=O) groups is 2. The van der Waals surface area contributed by atoms with E-state index in [1.54, 1.807) is 14.8 Å². The Morgan fingerprint density at radius 1 is 1.38 bits per heavy atom. The number of nitrogens with zero attached hydrogens (tertiary/aromatic N) is 2. The molecule has 0 aliphatic rings. The van der Waals surface area contributed by atoms with Gasteiger partial charge in [0.2, 0.25) is 5.91 Å². The number of hydrogen-bond donors (Lipinski definition) is 1. The van der Waals surface area contributed by atoms with Crippen LogP contribution in [0.4, 0.5) is 0 Å². The molecule has 7 heteroatoms. The molecule has 0 aliphatic carbocycles. The first-order chi connectivity index (χ1) is 9.82. The molecule has 1 heterocycles. The summed E-state index contributed by atoms with van der Waals surface area (Å²) in [5, 5.41) is 10.5. The smallest absolute Gasteiger partial charge is 0.307 e. The summed E-state index contributed by atoms with van der Waals surface area (Å²) in [5.74, 6) is -0.971. The van der Waals surface area contributed by atoms with Crippen LogP contribution in [0.1, 0.15) is 38.8 Å². The molecular formula is C14H22N2O4S. The average Bonchev–Trinajstić information content (AvgIpc) is 2.69. The fraction of sp³-hybridized carbons (Fsp3) is 0.643. The highest BCUT2D eigenvalue weighted by Gasteiger charge is 2.17. The van der Waals surface area contributed by atoms with E-state index in [-0.39, 0.29) is 29.8 Å². The van der Waals surface area contributed by atoms with E-state index in [1.165, 1.54) is 0 Å². The molecule has 0 bridgehead atoms. The van der Waals surface area contributed by atoms with Gasteiger partial charge in [-0.15, -0.1) is 0 Å². The van der Waals surface area contributed by atoms with Crippen LogP contribution in [0.25, 0.3) is 0 Å². The second kappa shape index (κ2) is 7.97. The monoisotopic (exact) mass is 314 g/mol. The lowest BCUT2D eigenvalue weighted by atomic mass is 10.2. The van der Waals surface area contributed by atoms with Crippen molar-refractivity contribution in [2.45, 2.75) is 52.6 Å². The number of carboxylic acid groups (broad SMARTS) is 1. The van der Waals surface area contributed by atoms with Gasteiger partial charge in [-0.1, -0.05) is 11.3 Å². The average molecular weight is 314 g/mol. The van der Waals surface area contributed by atoms with E-state index < -0.39 is 5.97 Å². The highest BCUT2D eigenvalue weighted by molar-refractivity contribution is 7.07. The summed E-state index contributed by atoms with van der Waals surface area (Å²) in [6.45, 7) is 6.35. The fourth-order valence-electron chi connectivity index (χ4n) is 2.09. The van der Waals surface area contributed by atoms with Gasteiger partial charge in [-0.05, 0) is 27.2 Å². The molecule has 0 saturated carbocycles. The maximum Gasteiger partial charge on any atom is 0.307 e. The number of aliphatic carboxylic acids is 1. The molecule has 0 fully saturated rings. The van der Waals surface area contributed by atoms with E-state index in [1.807, 2.05) is 20.8 Å². The molecule has 1 amide bonds. The van der Waals surface area contributed by atoms with Gasteiger partial charge in [-0.25, -0.2) is 0 Å². The van der Waals surface area contributed by atoms with Gasteiger partial charge < -0.3 is 14.6 Å². The highest BCUT2D eigenvalue weighted by atomic mass is 32.1. The molecule has 118 valence electrons. The highest BCUT2D eigenvalue weighted by Crippen LogP contribution is 2.07. The molecule has 0 aliphatic heterocycles. The summed E-state index contributed by atoms with van der Waals surface area (Å²) in [5.41, 5.74) is 0.907. The van der Waals surface area contributed by atoms with E-state index in [0.717, 1.165) is 17.0 Å². The molecule has 0 unspecified atom stereocenters. The van der Waals surface area contributed by atoms with E-state index in [9.17, 15) is 14.4 Å². The lowest BCUT2D eigenvalue weighted by Gasteiger charge is -2.26. The third-order valence-corrected chi connectivity index (χ3v) is 4.14. The molecule has 1 rings (SSSR count). The van der Waals surface area contributed by atoms with Crippen molar-refractivity contribution < 1.29 is 14.7 Å². The van der Waals surface area contributed by atoms with Crippen LogP contribution >= 0.6 is 11.3 Å². The summed E-state index contributed by atoms with van der Waals surface area (Å²) in [7, 11) is 0. The Morgan fingerprint density at radius 3 is 2.52 bits per heavy atom. The first-order valence-corrected chi connectivity index (χ1v) is 7.87. The van der Waals surface area contributed by atoms with Crippen LogP contribution in [0.5, 0.6) is 0 Å². The first-order valence-electron chi connectivity index (χ1n) is 6.99. The zero-order valence-corrected chi connectivity index (χ0v) is 13.5. The fourth-order valence-corrected chi connectivity index (χ4v) is 2.85. The van der Waals surface area contributed by atoms with E-state index in [0.29, 0.717) is 19.4 Å². The van der Waals surface area contributed by atoms with Crippen molar-refractivity contribution in [3.05, 3.63) is 20.7 Å². The quantitative estimate of drug-likeness (QED) is 0.792. The minimum Gasteiger partial charge on any atom is -0.481 e. The Bertz CT molecular complexity index is 547. The number of carbonyl (C=O) groups excluding carboxylic acids is 1. The summed E-state index contributed by atoms with van der Waals surface area (Å²) < 4.78 is 1.66. The minimum absolute atomic E-state index is 0.00783. The predicted molar refractivity (Wildman–Crippen MR) is 81.7 cm³/mol. The van der Waals surface area contributed by atoms with Gasteiger partial charge in [0.15, 0.2) is 0 Å². The second-order valence-corrected chi connectivity index (χ2v) is 6.04. The Hall–Kier alpha value is -1.63. The molecule has 21 heavy (non-hydrogen) atoms. The van der Waals surface area contributed by atoms with Gasteiger partial charge in [0.1, 0.15) is 0 Å². The number of thiazole rings is 1. The molecule has 0 saturated heterocycles. The maximum absolute atomic E-state index is 12.1. The molecule has 1 aromatic heterocycles. The van der Waals surface area contributed by atoms with Crippen molar-refractivity contribution in [3.63, 3.8) is 0 Å². The van der Waals surface area contributed by atoms with Gasteiger partial charge in [0.25, 0.3) is 0 Å². The summed E-state index contributed by atoms with van der Waals surface area (Å²) in [6.07, 6.45) is 0.846. The molecule has 1 N–H and O–H groups in total. The van der Waals surface area contributed by atoms with Crippen LogP contribution in [0.15, 0.2) is 10.2 Å². The van der Waals surface area contributed by atoms with Crippen molar-refractivity contribution in [2.24, 2.45) is 0 Å². The molecule has 0 aromatic carbocycles.